The summed E-state index contributed by atoms with van der Waals surface area (Å²) in [5.41, 5.74) is 1.40. The monoisotopic (exact) mass is 427 g/mol. The van der Waals surface area contributed by atoms with Gasteiger partial charge in [0.1, 0.15) is 11.5 Å². The third-order valence-corrected chi connectivity index (χ3v) is 6.68. The summed E-state index contributed by atoms with van der Waals surface area (Å²) in [5.74, 6) is 0.972. The van der Waals surface area contributed by atoms with Gasteiger partial charge < -0.3 is 19.7 Å². The topological polar surface area (TPSA) is 79.9 Å². The standard InChI is InChI=1S/C22H25N3O4S/c1-28-16-7-8-19(21(15-16)29-2)24-30(26,27)22-10-9-20(25-13-11-23-12-14-25)17-5-3-4-6-18(17)22/h3-10,15,23-24H,11-14H2,1-2H3. The molecule has 0 radical (unpaired) electrons. The van der Waals surface area contributed by atoms with Crippen molar-refractivity contribution in [3.8, 4) is 11.5 Å². The Morgan fingerprint density at radius 1 is 0.933 bits per heavy atom. The van der Waals surface area contributed by atoms with Crippen LogP contribution in [0, 0.1) is 0 Å². The van der Waals surface area contributed by atoms with E-state index in [0.717, 1.165) is 37.3 Å². The van der Waals surface area contributed by atoms with E-state index in [0.29, 0.717) is 22.6 Å². The predicted molar refractivity (Wildman–Crippen MR) is 119 cm³/mol. The maximum Gasteiger partial charge on any atom is 0.262 e. The van der Waals surface area contributed by atoms with Gasteiger partial charge in [-0.25, -0.2) is 8.42 Å². The lowest BCUT2D eigenvalue weighted by Crippen LogP contribution is -2.43. The van der Waals surface area contributed by atoms with Gasteiger partial charge in [-0.05, 0) is 24.3 Å². The van der Waals surface area contributed by atoms with E-state index in [1.165, 1.54) is 7.11 Å². The first-order chi connectivity index (χ1) is 14.5. The summed E-state index contributed by atoms with van der Waals surface area (Å²) < 4.78 is 39.8. The third-order valence-electron chi connectivity index (χ3n) is 5.26. The van der Waals surface area contributed by atoms with E-state index in [1.54, 1.807) is 31.4 Å². The van der Waals surface area contributed by atoms with Gasteiger partial charge in [0.25, 0.3) is 10.0 Å². The molecule has 8 heteroatoms. The molecule has 4 rings (SSSR count). The van der Waals surface area contributed by atoms with Crippen molar-refractivity contribution in [2.75, 3.05) is 50.0 Å². The Morgan fingerprint density at radius 2 is 1.67 bits per heavy atom. The summed E-state index contributed by atoms with van der Waals surface area (Å²) in [6.45, 7) is 3.59. The van der Waals surface area contributed by atoms with Crippen molar-refractivity contribution in [2.24, 2.45) is 0 Å². The number of fused-ring (bicyclic) bond motifs is 1. The van der Waals surface area contributed by atoms with Crippen molar-refractivity contribution in [3.05, 3.63) is 54.6 Å². The maximum absolute atomic E-state index is 13.3. The summed E-state index contributed by atoms with van der Waals surface area (Å²) in [6.07, 6.45) is 0. The Labute approximate surface area is 176 Å². The Hall–Kier alpha value is -2.97. The minimum absolute atomic E-state index is 0.231. The summed E-state index contributed by atoms with van der Waals surface area (Å²) in [4.78, 5) is 2.52. The van der Waals surface area contributed by atoms with Gasteiger partial charge in [-0.2, -0.15) is 0 Å². The molecule has 0 saturated carbocycles. The van der Waals surface area contributed by atoms with E-state index in [2.05, 4.69) is 14.9 Å². The molecular formula is C22H25N3O4S. The van der Waals surface area contributed by atoms with Gasteiger partial charge in [-0.1, -0.05) is 24.3 Å². The SMILES string of the molecule is COc1ccc(NS(=O)(=O)c2ccc(N3CCNCC3)c3ccccc23)c(OC)c1. The van der Waals surface area contributed by atoms with Crippen molar-refractivity contribution >= 4 is 32.2 Å². The lowest BCUT2D eigenvalue weighted by molar-refractivity contribution is 0.395. The zero-order chi connectivity index (χ0) is 21.1. The molecule has 0 aromatic heterocycles. The molecule has 3 aromatic carbocycles. The average molecular weight is 428 g/mol. The molecule has 0 unspecified atom stereocenters. The predicted octanol–water partition coefficient (Wildman–Crippen LogP) is 3.07. The number of ether oxygens (including phenoxy) is 2. The number of hydrogen-bond donors (Lipinski definition) is 2. The Morgan fingerprint density at radius 3 is 2.37 bits per heavy atom. The van der Waals surface area contributed by atoms with Crippen LogP contribution in [0.1, 0.15) is 0 Å². The number of methoxy groups -OCH3 is 2. The van der Waals surface area contributed by atoms with Gasteiger partial charge in [0.2, 0.25) is 0 Å². The Balaban J connectivity index is 1.76. The summed E-state index contributed by atoms with van der Waals surface area (Å²) in [6, 6.07) is 16.1. The molecule has 1 aliphatic heterocycles. The lowest BCUT2D eigenvalue weighted by Gasteiger charge is -2.30. The number of nitrogens with one attached hydrogen (secondary N) is 2. The minimum Gasteiger partial charge on any atom is -0.497 e. The van der Waals surface area contributed by atoms with E-state index in [1.807, 2.05) is 30.3 Å². The Kier molecular flexibility index (Phi) is 5.69. The van der Waals surface area contributed by atoms with Gasteiger partial charge in [-0.15, -0.1) is 0 Å². The first-order valence-electron chi connectivity index (χ1n) is 9.76. The highest BCUT2D eigenvalue weighted by Gasteiger charge is 2.22. The molecule has 30 heavy (non-hydrogen) atoms. The van der Waals surface area contributed by atoms with Crippen LogP contribution in [0.25, 0.3) is 10.8 Å². The van der Waals surface area contributed by atoms with E-state index < -0.39 is 10.0 Å². The van der Waals surface area contributed by atoms with Crippen LogP contribution in [0.4, 0.5) is 11.4 Å². The first-order valence-corrected chi connectivity index (χ1v) is 11.2. The van der Waals surface area contributed by atoms with E-state index >= 15 is 0 Å². The van der Waals surface area contributed by atoms with Gasteiger partial charge in [0.15, 0.2) is 0 Å². The fourth-order valence-electron chi connectivity index (χ4n) is 3.75. The molecule has 1 saturated heterocycles. The van der Waals surface area contributed by atoms with Crippen molar-refractivity contribution in [2.45, 2.75) is 4.90 Å². The van der Waals surface area contributed by atoms with Crippen LogP contribution in [0.5, 0.6) is 11.5 Å². The molecule has 1 aliphatic rings. The second-order valence-corrected chi connectivity index (χ2v) is 8.69. The van der Waals surface area contributed by atoms with Crippen LogP contribution < -0.4 is 24.4 Å². The molecule has 0 atom stereocenters. The van der Waals surface area contributed by atoms with Crippen LogP contribution in [0.15, 0.2) is 59.5 Å². The minimum atomic E-state index is -3.84. The van der Waals surface area contributed by atoms with Crippen LogP contribution in [-0.4, -0.2) is 48.8 Å². The van der Waals surface area contributed by atoms with Crippen LogP contribution in [0.3, 0.4) is 0 Å². The number of rotatable bonds is 6. The number of nitrogens with zero attached hydrogens (tertiary/aromatic N) is 1. The molecule has 0 spiro atoms. The van der Waals surface area contributed by atoms with Crippen LogP contribution >= 0.6 is 0 Å². The number of hydrogen-bond acceptors (Lipinski definition) is 6. The van der Waals surface area contributed by atoms with Crippen molar-refractivity contribution in [1.82, 2.24) is 5.32 Å². The molecular weight excluding hydrogens is 402 g/mol. The molecule has 1 heterocycles. The number of anilines is 2. The van der Waals surface area contributed by atoms with Crippen molar-refractivity contribution in [3.63, 3.8) is 0 Å². The second-order valence-electron chi connectivity index (χ2n) is 7.04. The maximum atomic E-state index is 13.3. The zero-order valence-electron chi connectivity index (χ0n) is 17.0. The van der Waals surface area contributed by atoms with E-state index in [9.17, 15) is 8.42 Å². The van der Waals surface area contributed by atoms with E-state index in [-0.39, 0.29) is 4.90 Å². The van der Waals surface area contributed by atoms with Crippen LogP contribution in [-0.2, 0) is 10.0 Å². The number of sulfonamides is 1. The highest BCUT2D eigenvalue weighted by Crippen LogP contribution is 2.35. The molecule has 0 aliphatic carbocycles. The molecule has 1 fully saturated rings. The fraction of sp³-hybridized carbons (Fsp3) is 0.273. The third kappa shape index (κ3) is 3.88. The van der Waals surface area contributed by atoms with Gasteiger partial charge in [0, 0.05) is 48.7 Å². The summed E-state index contributed by atoms with van der Waals surface area (Å²) >= 11 is 0. The number of piperazine rings is 1. The average Bonchev–Trinajstić information content (AvgIpc) is 2.79. The lowest BCUT2D eigenvalue weighted by atomic mass is 10.1. The molecule has 7 nitrogen and oxygen atoms in total. The molecule has 2 N–H and O–H groups in total. The highest BCUT2D eigenvalue weighted by molar-refractivity contribution is 7.93. The van der Waals surface area contributed by atoms with Crippen molar-refractivity contribution < 1.29 is 17.9 Å². The molecule has 0 bridgehead atoms. The summed E-state index contributed by atoms with van der Waals surface area (Å²) in [7, 11) is -0.805. The fourth-order valence-corrected chi connectivity index (χ4v) is 5.04. The highest BCUT2D eigenvalue weighted by atomic mass is 32.2. The smallest absolute Gasteiger partial charge is 0.262 e. The number of benzene rings is 3. The molecule has 158 valence electrons. The van der Waals surface area contributed by atoms with Gasteiger partial charge in [0.05, 0.1) is 24.8 Å². The molecule has 3 aromatic rings. The first kappa shape index (κ1) is 20.3. The van der Waals surface area contributed by atoms with Gasteiger partial charge >= 0.3 is 0 Å². The van der Waals surface area contributed by atoms with Crippen molar-refractivity contribution in [1.29, 1.82) is 0 Å². The quantitative estimate of drug-likeness (QED) is 0.629. The van der Waals surface area contributed by atoms with E-state index in [4.69, 9.17) is 9.47 Å². The summed E-state index contributed by atoms with van der Waals surface area (Å²) in [5, 5.41) is 4.95. The van der Waals surface area contributed by atoms with Crippen LogP contribution in [0.2, 0.25) is 0 Å². The normalized spacial score (nSPS) is 14.5. The Bertz CT molecular complexity index is 1160. The second kappa shape index (κ2) is 8.41. The zero-order valence-corrected chi connectivity index (χ0v) is 17.8. The van der Waals surface area contributed by atoms with Gasteiger partial charge in [-0.3, -0.25) is 4.72 Å². The largest absolute Gasteiger partial charge is 0.497 e. The molecule has 0 amide bonds.